The van der Waals surface area contributed by atoms with Crippen LogP contribution in [-0.4, -0.2) is 44.1 Å². The third-order valence-electron chi connectivity index (χ3n) is 11.3. The van der Waals surface area contributed by atoms with E-state index < -0.39 is 51.1 Å². The van der Waals surface area contributed by atoms with Crippen molar-refractivity contribution >= 4 is 21.9 Å². The molecule has 2 bridgehead atoms. The van der Waals surface area contributed by atoms with Crippen LogP contribution in [0.1, 0.15) is 65.4 Å². The summed E-state index contributed by atoms with van der Waals surface area (Å²) >= 11 is 0. The van der Waals surface area contributed by atoms with Gasteiger partial charge in [-0.3, -0.25) is 8.98 Å². The van der Waals surface area contributed by atoms with Gasteiger partial charge in [0.1, 0.15) is 11.9 Å². The Balaban J connectivity index is 1.46. The molecule has 0 heterocycles. The van der Waals surface area contributed by atoms with Crippen LogP contribution in [0.15, 0.2) is 41.8 Å². The lowest BCUT2D eigenvalue weighted by atomic mass is 9.32. The Bertz CT molecular complexity index is 1270. The van der Waals surface area contributed by atoms with Crippen LogP contribution in [0.5, 0.6) is 0 Å². The number of aryl methyl sites for hydroxylation is 1. The summed E-state index contributed by atoms with van der Waals surface area (Å²) in [6.07, 6.45) is 3.50. The summed E-state index contributed by atoms with van der Waals surface area (Å²) in [5.74, 6) is -0.428. The Morgan fingerprint density at radius 3 is 2.47 bits per heavy atom. The van der Waals surface area contributed by atoms with Gasteiger partial charge in [-0.15, -0.1) is 6.58 Å². The van der Waals surface area contributed by atoms with E-state index in [1.807, 2.05) is 13.8 Å². The summed E-state index contributed by atoms with van der Waals surface area (Å²) in [4.78, 5) is 26.5. The zero-order valence-electron chi connectivity index (χ0n) is 23.0. The average molecular weight is 545 g/mol. The van der Waals surface area contributed by atoms with Gasteiger partial charge in [-0.2, -0.15) is 8.42 Å². The molecule has 5 rings (SSSR count). The van der Waals surface area contributed by atoms with Crippen molar-refractivity contribution in [2.24, 2.45) is 39.4 Å². The van der Waals surface area contributed by atoms with Gasteiger partial charge >= 0.3 is 5.97 Å². The predicted octanol–water partition coefficient (Wildman–Crippen LogP) is 4.61. The molecule has 0 aliphatic heterocycles. The molecule has 38 heavy (non-hydrogen) atoms. The molecule has 1 aromatic carbocycles. The highest BCUT2D eigenvalue weighted by Crippen LogP contribution is 2.82. The predicted molar refractivity (Wildman–Crippen MR) is 141 cm³/mol. The smallest absolute Gasteiger partial charge is 0.333 e. The number of ether oxygens (including phenoxy) is 1. The molecule has 4 aliphatic carbocycles. The second kappa shape index (κ2) is 8.73. The van der Waals surface area contributed by atoms with Gasteiger partial charge in [0.25, 0.3) is 10.1 Å². The highest BCUT2D eigenvalue weighted by molar-refractivity contribution is 7.86. The zero-order chi connectivity index (χ0) is 27.9. The molecule has 0 saturated heterocycles. The van der Waals surface area contributed by atoms with Gasteiger partial charge in [0, 0.05) is 22.7 Å². The van der Waals surface area contributed by atoms with Crippen LogP contribution in [-0.2, 0) is 28.6 Å². The maximum atomic E-state index is 13.3. The summed E-state index contributed by atoms with van der Waals surface area (Å²) < 4.78 is 36.5. The number of hydrogen-bond donors (Lipinski definition) is 1. The van der Waals surface area contributed by atoms with Crippen molar-refractivity contribution < 1.29 is 32.0 Å². The standard InChI is InChI=1S/C30H40O7S/c1-7-27(5)15-23(37-24(32)16-36-38(34,35)21-10-8-18(2)9-11-21)28(6)19(3)14-30-17-29(26(28)30,13-12-22(30)31)20(4)25(27)33/h7-11,19-20,23,25-26,33H,1,12-17H2,2-6H3/t19?,20-,23+,25-,26?,27+,28-,29?,30?/m0/s1. The molecule has 0 radical (unpaired) electrons. The molecule has 208 valence electrons. The molecule has 0 amide bonds. The van der Waals surface area contributed by atoms with E-state index in [1.54, 1.807) is 18.2 Å². The molecule has 4 saturated carbocycles. The lowest BCUT2D eigenvalue weighted by Crippen LogP contribution is -2.71. The van der Waals surface area contributed by atoms with Crippen molar-refractivity contribution in [2.75, 3.05) is 6.61 Å². The normalized spacial score (nSPS) is 43.8. The molecule has 4 unspecified atom stereocenters. The largest absolute Gasteiger partial charge is 0.460 e. The number of carbonyl (C=O) groups is 2. The van der Waals surface area contributed by atoms with Gasteiger partial charge in [0.05, 0.1) is 11.0 Å². The fraction of sp³-hybridized carbons (Fsp3) is 0.667. The molecule has 8 heteroatoms. The Hall–Kier alpha value is -2.03. The second-order valence-electron chi connectivity index (χ2n) is 13.0. The van der Waals surface area contributed by atoms with Crippen molar-refractivity contribution in [3.8, 4) is 0 Å². The average Bonchev–Trinajstić information content (AvgIpc) is 3.05. The monoisotopic (exact) mass is 544 g/mol. The van der Waals surface area contributed by atoms with Crippen LogP contribution in [0.2, 0.25) is 0 Å². The molecule has 9 atom stereocenters. The van der Waals surface area contributed by atoms with E-state index in [9.17, 15) is 23.1 Å². The van der Waals surface area contributed by atoms with Crippen molar-refractivity contribution in [3.05, 3.63) is 42.5 Å². The lowest BCUT2D eigenvalue weighted by molar-refractivity contribution is -0.258. The van der Waals surface area contributed by atoms with E-state index in [2.05, 4.69) is 27.4 Å². The van der Waals surface area contributed by atoms with Crippen LogP contribution in [0.25, 0.3) is 0 Å². The number of benzene rings is 1. The van der Waals surface area contributed by atoms with E-state index in [0.717, 1.165) is 24.8 Å². The Kier molecular flexibility index (Phi) is 6.33. The molecule has 2 spiro atoms. The fourth-order valence-electron chi connectivity index (χ4n) is 9.11. The maximum Gasteiger partial charge on any atom is 0.333 e. The highest BCUT2D eigenvalue weighted by Gasteiger charge is 2.81. The van der Waals surface area contributed by atoms with Crippen LogP contribution < -0.4 is 0 Å². The molecule has 4 fully saturated rings. The summed E-state index contributed by atoms with van der Waals surface area (Å²) in [6.45, 7) is 13.4. The number of esters is 1. The summed E-state index contributed by atoms with van der Waals surface area (Å²) in [5, 5.41) is 11.6. The van der Waals surface area contributed by atoms with Crippen LogP contribution in [0.3, 0.4) is 0 Å². The number of aliphatic hydroxyl groups is 1. The quantitative estimate of drug-likeness (QED) is 0.317. The third-order valence-corrected chi connectivity index (χ3v) is 12.5. The molecule has 1 N–H and O–H groups in total. The van der Waals surface area contributed by atoms with Gasteiger partial charge in [-0.1, -0.05) is 51.5 Å². The van der Waals surface area contributed by atoms with Gasteiger partial charge in [-0.25, -0.2) is 4.79 Å². The summed E-state index contributed by atoms with van der Waals surface area (Å²) in [6, 6.07) is 6.21. The second-order valence-corrected chi connectivity index (χ2v) is 14.7. The number of hydrogen-bond acceptors (Lipinski definition) is 7. The zero-order valence-corrected chi connectivity index (χ0v) is 23.8. The van der Waals surface area contributed by atoms with Crippen LogP contribution in [0.4, 0.5) is 0 Å². The highest BCUT2D eigenvalue weighted by atomic mass is 32.2. The molecule has 4 aliphatic rings. The van der Waals surface area contributed by atoms with Crippen molar-refractivity contribution in [1.82, 2.24) is 0 Å². The Morgan fingerprint density at radius 1 is 1.18 bits per heavy atom. The first-order valence-corrected chi connectivity index (χ1v) is 15.1. The van der Waals surface area contributed by atoms with E-state index in [0.29, 0.717) is 18.6 Å². The summed E-state index contributed by atoms with van der Waals surface area (Å²) in [5.41, 5.74) is -0.989. The van der Waals surface area contributed by atoms with Gasteiger partial charge in [0.15, 0.2) is 6.61 Å². The minimum Gasteiger partial charge on any atom is -0.460 e. The van der Waals surface area contributed by atoms with Gasteiger partial charge in [0.2, 0.25) is 0 Å². The fourth-order valence-corrected chi connectivity index (χ4v) is 9.97. The Morgan fingerprint density at radius 2 is 1.84 bits per heavy atom. The van der Waals surface area contributed by atoms with E-state index in [4.69, 9.17) is 8.92 Å². The molecule has 7 nitrogen and oxygen atoms in total. The van der Waals surface area contributed by atoms with Gasteiger partial charge in [-0.05, 0) is 67.9 Å². The first-order chi connectivity index (χ1) is 17.7. The number of carbonyl (C=O) groups excluding carboxylic acids is 2. The lowest BCUT2D eigenvalue weighted by Gasteiger charge is -2.71. The van der Waals surface area contributed by atoms with E-state index in [1.165, 1.54) is 12.1 Å². The first-order valence-electron chi connectivity index (χ1n) is 13.7. The Labute approximate surface area is 226 Å². The van der Waals surface area contributed by atoms with E-state index in [-0.39, 0.29) is 28.1 Å². The van der Waals surface area contributed by atoms with Crippen LogP contribution in [0, 0.1) is 46.3 Å². The number of rotatable bonds is 6. The van der Waals surface area contributed by atoms with Crippen molar-refractivity contribution in [3.63, 3.8) is 0 Å². The van der Waals surface area contributed by atoms with Crippen molar-refractivity contribution in [1.29, 1.82) is 0 Å². The number of aliphatic hydroxyl groups excluding tert-OH is 1. The molecular formula is C30H40O7S. The first kappa shape index (κ1) is 27.5. The van der Waals surface area contributed by atoms with Gasteiger partial charge < -0.3 is 9.84 Å². The van der Waals surface area contributed by atoms with Crippen LogP contribution >= 0.6 is 0 Å². The minimum absolute atomic E-state index is 0.00669. The molecule has 1 aromatic rings. The minimum atomic E-state index is -4.14. The number of Topliss-reactive ketones (excluding diaryl/α,β-unsaturated/α-hetero) is 1. The number of ketones is 1. The summed E-state index contributed by atoms with van der Waals surface area (Å²) in [7, 11) is -4.14. The maximum absolute atomic E-state index is 13.3. The SMILES string of the molecule is C=C[C@]1(C)C[C@@H](OC(=O)COS(=O)(=O)c2ccc(C)cc2)[C@]2(C)C(C)CC34CC(CCC3=O)(C42)[C@@H](C)[C@@H]1O. The van der Waals surface area contributed by atoms with Crippen molar-refractivity contribution in [2.45, 2.75) is 83.8 Å². The topological polar surface area (TPSA) is 107 Å². The molecular weight excluding hydrogens is 504 g/mol. The van der Waals surface area contributed by atoms with E-state index >= 15 is 0 Å². The molecule has 0 aromatic heterocycles. The third kappa shape index (κ3) is 3.62.